The van der Waals surface area contributed by atoms with Crippen molar-refractivity contribution in [1.82, 2.24) is 15.0 Å². The number of thiazole rings is 1. The molecule has 0 aliphatic carbocycles. The molecule has 0 aromatic carbocycles. The molecule has 0 radical (unpaired) electrons. The second kappa shape index (κ2) is 6.75. The van der Waals surface area contributed by atoms with E-state index in [0.29, 0.717) is 0 Å². The van der Waals surface area contributed by atoms with Crippen LogP contribution in [0.25, 0.3) is 11.4 Å². The van der Waals surface area contributed by atoms with Crippen LogP contribution in [0.3, 0.4) is 0 Å². The number of hydrogen-bond acceptors (Lipinski definition) is 6. The topological polar surface area (TPSA) is 59.9 Å². The normalized spacial score (nSPS) is 10.8. The summed E-state index contributed by atoms with van der Waals surface area (Å²) >= 11 is 1.52. The Kier molecular flexibility index (Phi) is 4.52. The molecule has 3 rings (SSSR count). The number of ether oxygens (including phenoxy) is 1. The first-order valence-electron chi connectivity index (χ1n) is 7.39. The first-order chi connectivity index (χ1) is 11.1. The predicted octanol–water partition coefficient (Wildman–Crippen LogP) is 4.44. The average Bonchev–Trinajstić information content (AvgIpc) is 2.98. The monoisotopic (exact) mass is 326 g/mol. The van der Waals surface area contributed by atoms with Gasteiger partial charge >= 0.3 is 0 Å². The van der Waals surface area contributed by atoms with Crippen LogP contribution in [-0.4, -0.2) is 21.1 Å². The van der Waals surface area contributed by atoms with Gasteiger partial charge in [-0.2, -0.15) is 0 Å². The largest absolute Gasteiger partial charge is 0.491 e. The maximum Gasteiger partial charge on any atom is 0.188 e. The summed E-state index contributed by atoms with van der Waals surface area (Å²) in [5.41, 5.74) is 2.69. The Morgan fingerprint density at radius 2 is 2.00 bits per heavy atom. The van der Waals surface area contributed by atoms with Crippen LogP contribution < -0.4 is 10.1 Å². The van der Waals surface area contributed by atoms with Gasteiger partial charge in [0.25, 0.3) is 0 Å². The van der Waals surface area contributed by atoms with Crippen molar-refractivity contribution in [1.29, 1.82) is 0 Å². The van der Waals surface area contributed by atoms with Gasteiger partial charge in [-0.05, 0) is 38.5 Å². The van der Waals surface area contributed by atoms with Gasteiger partial charge in [0.05, 0.1) is 11.8 Å². The molecule has 118 valence electrons. The van der Waals surface area contributed by atoms with Gasteiger partial charge in [0, 0.05) is 23.8 Å². The first kappa shape index (κ1) is 15.4. The molecule has 0 amide bonds. The lowest BCUT2D eigenvalue weighted by atomic mass is 10.3. The summed E-state index contributed by atoms with van der Waals surface area (Å²) in [5, 5.41) is 6.01. The van der Waals surface area contributed by atoms with Crippen molar-refractivity contribution in [2.24, 2.45) is 0 Å². The van der Waals surface area contributed by atoms with Crippen molar-refractivity contribution in [2.75, 3.05) is 5.32 Å². The summed E-state index contributed by atoms with van der Waals surface area (Å²) < 4.78 is 5.70. The van der Waals surface area contributed by atoms with Gasteiger partial charge in [-0.1, -0.05) is 6.07 Å². The van der Waals surface area contributed by atoms with Crippen LogP contribution in [0, 0.1) is 6.92 Å². The zero-order valence-corrected chi connectivity index (χ0v) is 14.1. The minimum Gasteiger partial charge on any atom is -0.491 e. The maximum absolute atomic E-state index is 5.70. The molecule has 0 fully saturated rings. The van der Waals surface area contributed by atoms with Crippen molar-refractivity contribution in [2.45, 2.75) is 26.9 Å². The van der Waals surface area contributed by atoms with E-state index in [4.69, 9.17) is 4.74 Å². The molecule has 0 atom stereocenters. The first-order valence-corrected chi connectivity index (χ1v) is 8.27. The Bertz CT molecular complexity index is 801. The third-order valence-electron chi connectivity index (χ3n) is 3.10. The summed E-state index contributed by atoms with van der Waals surface area (Å²) in [5.74, 6) is 1.62. The highest BCUT2D eigenvalue weighted by molar-refractivity contribution is 7.14. The van der Waals surface area contributed by atoms with E-state index in [1.807, 2.05) is 50.4 Å². The summed E-state index contributed by atoms with van der Waals surface area (Å²) in [7, 11) is 0. The third kappa shape index (κ3) is 3.84. The number of nitrogens with zero attached hydrogens (tertiary/aromatic N) is 3. The smallest absolute Gasteiger partial charge is 0.188 e. The van der Waals surface area contributed by atoms with E-state index in [1.54, 1.807) is 12.4 Å². The molecule has 0 saturated heterocycles. The zero-order chi connectivity index (χ0) is 16.2. The quantitative estimate of drug-likeness (QED) is 0.751. The molecule has 0 unspecified atom stereocenters. The van der Waals surface area contributed by atoms with E-state index in [0.717, 1.165) is 33.7 Å². The molecule has 3 aromatic rings. The molecule has 0 aliphatic rings. The van der Waals surface area contributed by atoms with E-state index < -0.39 is 0 Å². The lowest BCUT2D eigenvalue weighted by Crippen LogP contribution is -2.05. The predicted molar refractivity (Wildman–Crippen MR) is 93.4 cm³/mol. The highest BCUT2D eigenvalue weighted by Gasteiger charge is 2.09. The van der Waals surface area contributed by atoms with E-state index >= 15 is 0 Å². The fourth-order valence-corrected chi connectivity index (χ4v) is 2.77. The van der Waals surface area contributed by atoms with Gasteiger partial charge in [0.15, 0.2) is 5.13 Å². The molecule has 5 nitrogen and oxygen atoms in total. The highest BCUT2D eigenvalue weighted by Crippen LogP contribution is 2.28. The number of rotatable bonds is 5. The van der Waals surface area contributed by atoms with Gasteiger partial charge in [-0.25, -0.2) is 9.97 Å². The second-order valence-corrected chi connectivity index (χ2v) is 6.23. The summed E-state index contributed by atoms with van der Waals surface area (Å²) in [6, 6.07) is 7.69. The molecule has 0 saturated carbocycles. The van der Waals surface area contributed by atoms with Crippen molar-refractivity contribution in [3.63, 3.8) is 0 Å². The Labute approximate surface area is 139 Å². The van der Waals surface area contributed by atoms with Gasteiger partial charge in [-0.15, -0.1) is 11.3 Å². The number of nitrogens with one attached hydrogen (secondary N) is 1. The minimum absolute atomic E-state index is 0.130. The van der Waals surface area contributed by atoms with Crippen molar-refractivity contribution >= 4 is 22.3 Å². The Hall–Kier alpha value is -2.47. The number of anilines is 2. The number of aromatic nitrogens is 3. The Balaban J connectivity index is 1.80. The molecule has 0 spiro atoms. The molecule has 3 heterocycles. The van der Waals surface area contributed by atoms with Gasteiger partial charge in [0.1, 0.15) is 17.3 Å². The molecule has 23 heavy (non-hydrogen) atoms. The van der Waals surface area contributed by atoms with Crippen LogP contribution in [0.15, 0.2) is 42.0 Å². The number of pyridine rings is 2. The molecule has 0 bridgehead atoms. The van der Waals surface area contributed by atoms with Crippen LogP contribution in [0.5, 0.6) is 5.75 Å². The van der Waals surface area contributed by atoms with E-state index in [2.05, 4.69) is 20.3 Å². The Morgan fingerprint density at radius 1 is 1.13 bits per heavy atom. The third-order valence-corrected chi connectivity index (χ3v) is 3.86. The van der Waals surface area contributed by atoms with Crippen molar-refractivity contribution in [3.8, 4) is 17.1 Å². The summed E-state index contributed by atoms with van der Waals surface area (Å²) in [6.45, 7) is 6.01. The van der Waals surface area contributed by atoms with Crippen LogP contribution >= 0.6 is 11.3 Å². The van der Waals surface area contributed by atoms with E-state index in [1.165, 1.54) is 11.3 Å². The van der Waals surface area contributed by atoms with Gasteiger partial charge in [-0.3, -0.25) is 4.98 Å². The Morgan fingerprint density at radius 3 is 2.78 bits per heavy atom. The SMILES string of the molecule is Cc1cccnc1Nc1nc(-c2cc(OC(C)C)ccn2)cs1. The molecular weight excluding hydrogens is 308 g/mol. The molecular formula is C17H18N4OS. The van der Waals surface area contributed by atoms with E-state index in [9.17, 15) is 0 Å². The van der Waals surface area contributed by atoms with Crippen LogP contribution in [0.4, 0.5) is 10.9 Å². The van der Waals surface area contributed by atoms with Crippen molar-refractivity contribution in [3.05, 3.63) is 47.6 Å². The standard InChI is InChI=1S/C17H18N4OS/c1-11(2)22-13-6-8-18-14(9-13)15-10-23-17(20-15)21-16-12(3)5-4-7-19-16/h4-11H,1-3H3,(H,19,20,21). The molecule has 3 aromatic heterocycles. The fourth-order valence-electron chi connectivity index (χ4n) is 2.06. The van der Waals surface area contributed by atoms with Crippen LogP contribution in [0.2, 0.25) is 0 Å². The highest BCUT2D eigenvalue weighted by atomic mass is 32.1. The van der Waals surface area contributed by atoms with Crippen LogP contribution in [0.1, 0.15) is 19.4 Å². The zero-order valence-electron chi connectivity index (χ0n) is 13.3. The number of aryl methyl sites for hydroxylation is 1. The average molecular weight is 326 g/mol. The lowest BCUT2D eigenvalue weighted by molar-refractivity contribution is 0.242. The minimum atomic E-state index is 0.130. The van der Waals surface area contributed by atoms with Crippen molar-refractivity contribution < 1.29 is 4.74 Å². The fraction of sp³-hybridized carbons (Fsp3) is 0.235. The van der Waals surface area contributed by atoms with E-state index in [-0.39, 0.29) is 6.10 Å². The van der Waals surface area contributed by atoms with Gasteiger partial charge < -0.3 is 10.1 Å². The van der Waals surface area contributed by atoms with Crippen LogP contribution in [-0.2, 0) is 0 Å². The summed E-state index contributed by atoms with van der Waals surface area (Å²) in [4.78, 5) is 13.3. The molecule has 6 heteroatoms. The summed E-state index contributed by atoms with van der Waals surface area (Å²) in [6.07, 6.45) is 3.63. The second-order valence-electron chi connectivity index (χ2n) is 5.38. The number of hydrogen-bond donors (Lipinski definition) is 1. The molecule has 1 N–H and O–H groups in total. The van der Waals surface area contributed by atoms with Gasteiger partial charge in [0.2, 0.25) is 0 Å². The lowest BCUT2D eigenvalue weighted by Gasteiger charge is -2.09. The molecule has 0 aliphatic heterocycles. The maximum atomic E-state index is 5.70.